The van der Waals surface area contributed by atoms with Crippen LogP contribution >= 0.6 is 15.6 Å². The molecule has 0 amide bonds. The Labute approximate surface area is 109 Å². The molecule has 6 N–H and O–H groups in total. The van der Waals surface area contributed by atoms with Gasteiger partial charge in [-0.1, -0.05) is 0 Å². The minimum absolute atomic E-state index is 0. The molecule has 0 saturated carbocycles. The summed E-state index contributed by atoms with van der Waals surface area (Å²) in [4.78, 5) is 43.1. The molecular formula is H8FKO8P2. The molecule has 0 aromatic carbocycles. The van der Waals surface area contributed by atoms with Crippen LogP contribution in [0.25, 0.3) is 0 Å². The van der Waals surface area contributed by atoms with E-state index in [0.29, 0.717) is 0 Å². The molecule has 0 fully saturated rings. The average Bonchev–Trinajstić information content (AvgIpc) is 1.12. The van der Waals surface area contributed by atoms with E-state index in [1.807, 2.05) is 0 Å². The molecule has 8 nitrogen and oxygen atoms in total. The second-order valence-electron chi connectivity index (χ2n) is 1.03. The van der Waals surface area contributed by atoms with Crippen molar-refractivity contribution >= 4 is 67.0 Å². The zero-order valence-electron chi connectivity index (χ0n) is 4.80. The van der Waals surface area contributed by atoms with E-state index in [1.165, 1.54) is 0 Å². The van der Waals surface area contributed by atoms with Gasteiger partial charge in [0.05, 0.1) is 0 Å². The Morgan fingerprint density at radius 3 is 0.667 bits per heavy atom. The van der Waals surface area contributed by atoms with Crippen molar-refractivity contribution in [1.82, 2.24) is 0 Å². The van der Waals surface area contributed by atoms with Crippen LogP contribution in [-0.4, -0.2) is 80.7 Å². The standard InChI is InChI=1S/FH.K.2H3O4P.H/c;;2*1-5(2,3)4;/h1H;;2*(H3,1,2,3,4);. The first-order chi connectivity index (χ1) is 4.00. The summed E-state index contributed by atoms with van der Waals surface area (Å²) in [6.45, 7) is 0. The van der Waals surface area contributed by atoms with Gasteiger partial charge in [0.2, 0.25) is 0 Å². The van der Waals surface area contributed by atoms with Crippen LogP contribution in [0.2, 0.25) is 0 Å². The second kappa shape index (κ2) is 9.35. The normalized spacial score (nSPS) is 9.83. The van der Waals surface area contributed by atoms with Gasteiger partial charge in [-0.2, -0.15) is 0 Å². The van der Waals surface area contributed by atoms with Crippen molar-refractivity contribution in [2.24, 2.45) is 0 Å². The number of hydrogen-bond donors (Lipinski definition) is 6. The van der Waals surface area contributed by atoms with Crippen LogP contribution in [0.15, 0.2) is 0 Å². The first-order valence-electron chi connectivity index (χ1n) is 1.57. The Morgan fingerprint density at radius 2 is 0.667 bits per heavy atom. The molecule has 0 radical (unpaired) electrons. The summed E-state index contributed by atoms with van der Waals surface area (Å²) >= 11 is 0. The topological polar surface area (TPSA) is 156 Å². The van der Waals surface area contributed by atoms with Crippen LogP contribution in [0, 0.1) is 0 Å². The first-order valence-corrected chi connectivity index (χ1v) is 4.70. The summed E-state index contributed by atoms with van der Waals surface area (Å²) < 4.78 is 17.8. The van der Waals surface area contributed by atoms with Crippen molar-refractivity contribution < 1.29 is 43.2 Å². The Morgan fingerprint density at radius 1 is 0.667 bits per heavy atom. The van der Waals surface area contributed by atoms with Crippen LogP contribution in [-0.2, 0) is 9.13 Å². The van der Waals surface area contributed by atoms with Crippen LogP contribution in [0.4, 0.5) is 4.70 Å². The Balaban J connectivity index is -0.0000000457. The quantitative estimate of drug-likeness (QED) is 0.208. The third-order valence-corrected chi connectivity index (χ3v) is 0. The van der Waals surface area contributed by atoms with E-state index in [0.717, 1.165) is 0 Å². The van der Waals surface area contributed by atoms with Gasteiger partial charge in [-0.25, -0.2) is 9.13 Å². The fraction of sp³-hybridized carbons (Fsp3) is 0. The molecule has 0 aliphatic carbocycles. The molecule has 0 unspecified atom stereocenters. The second-order valence-corrected chi connectivity index (χ2v) is 3.08. The van der Waals surface area contributed by atoms with Gasteiger partial charge in [0.15, 0.2) is 0 Å². The van der Waals surface area contributed by atoms with Crippen LogP contribution in [0.5, 0.6) is 0 Å². The molecule has 0 spiro atoms. The van der Waals surface area contributed by atoms with Gasteiger partial charge in [0, 0.05) is 0 Å². The molecule has 0 bridgehead atoms. The van der Waals surface area contributed by atoms with Crippen molar-refractivity contribution in [2.45, 2.75) is 0 Å². The van der Waals surface area contributed by atoms with Crippen LogP contribution in [0.1, 0.15) is 0 Å². The van der Waals surface area contributed by atoms with E-state index >= 15 is 0 Å². The van der Waals surface area contributed by atoms with Gasteiger partial charge < -0.3 is 29.4 Å². The number of halogens is 1. The number of phosphoric acid groups is 2. The monoisotopic (exact) mass is 256 g/mol. The van der Waals surface area contributed by atoms with E-state index < -0.39 is 15.6 Å². The van der Waals surface area contributed by atoms with Crippen LogP contribution in [0.3, 0.4) is 0 Å². The molecule has 0 aliphatic rings. The molecule has 74 valence electrons. The fourth-order valence-electron chi connectivity index (χ4n) is 0. The summed E-state index contributed by atoms with van der Waals surface area (Å²) in [7, 11) is -9.28. The molecule has 0 aliphatic heterocycles. The SMILES string of the molecule is F.O=P(O)(O)O.O=P(O)(O)O.[KH]. The van der Waals surface area contributed by atoms with E-state index in [-0.39, 0.29) is 56.1 Å². The Kier molecular flexibility index (Phi) is 18.3. The third-order valence-electron chi connectivity index (χ3n) is 0. The van der Waals surface area contributed by atoms with Crippen molar-refractivity contribution in [3.05, 3.63) is 0 Å². The number of hydrogen-bond acceptors (Lipinski definition) is 2. The molecule has 0 saturated heterocycles. The molecular weight excluding hydrogens is 248 g/mol. The summed E-state index contributed by atoms with van der Waals surface area (Å²) in [5, 5.41) is 0. The van der Waals surface area contributed by atoms with Crippen LogP contribution < -0.4 is 0 Å². The maximum absolute atomic E-state index is 8.88. The Bertz CT molecular complexity index is 129. The first kappa shape index (κ1) is 23.5. The molecule has 0 aromatic heterocycles. The minimum atomic E-state index is -4.64. The van der Waals surface area contributed by atoms with E-state index in [9.17, 15) is 0 Å². The summed E-state index contributed by atoms with van der Waals surface area (Å²) in [5.74, 6) is 0. The van der Waals surface area contributed by atoms with Crippen molar-refractivity contribution in [3.63, 3.8) is 0 Å². The van der Waals surface area contributed by atoms with Gasteiger partial charge in [-0.05, 0) is 0 Å². The Hall–Kier alpha value is 1.79. The van der Waals surface area contributed by atoms with Gasteiger partial charge in [-0.15, -0.1) is 0 Å². The summed E-state index contributed by atoms with van der Waals surface area (Å²) in [6.07, 6.45) is 0. The molecule has 0 rings (SSSR count). The molecule has 0 aromatic rings. The van der Waals surface area contributed by atoms with Crippen molar-refractivity contribution in [2.75, 3.05) is 0 Å². The van der Waals surface area contributed by atoms with Gasteiger partial charge >= 0.3 is 67.0 Å². The van der Waals surface area contributed by atoms with Crippen molar-refractivity contribution in [3.8, 4) is 0 Å². The van der Waals surface area contributed by atoms with Crippen molar-refractivity contribution in [1.29, 1.82) is 0 Å². The average molecular weight is 256 g/mol. The number of rotatable bonds is 0. The third kappa shape index (κ3) is 430. The molecule has 12 heteroatoms. The van der Waals surface area contributed by atoms with Gasteiger partial charge in [-0.3, -0.25) is 4.70 Å². The summed E-state index contributed by atoms with van der Waals surface area (Å²) in [6, 6.07) is 0. The zero-order valence-corrected chi connectivity index (χ0v) is 6.59. The van der Waals surface area contributed by atoms with Gasteiger partial charge in [0.25, 0.3) is 0 Å². The molecule has 12 heavy (non-hydrogen) atoms. The molecule has 0 heterocycles. The predicted molar refractivity (Wildman–Crippen MR) is 38.2 cm³/mol. The zero-order chi connectivity index (χ0) is 9.00. The molecule has 0 atom stereocenters. The predicted octanol–water partition coefficient (Wildman–Crippen LogP) is -2.35. The van der Waals surface area contributed by atoms with E-state index in [1.54, 1.807) is 0 Å². The van der Waals surface area contributed by atoms with E-state index in [4.69, 9.17) is 38.5 Å². The maximum atomic E-state index is 8.88. The van der Waals surface area contributed by atoms with E-state index in [2.05, 4.69) is 0 Å². The van der Waals surface area contributed by atoms with Gasteiger partial charge in [0.1, 0.15) is 0 Å². The summed E-state index contributed by atoms with van der Waals surface area (Å²) in [5.41, 5.74) is 0. The fourth-order valence-corrected chi connectivity index (χ4v) is 0.